The number of nitrogen functional groups attached to an aromatic ring is 1. The van der Waals surface area contributed by atoms with Gasteiger partial charge in [0.25, 0.3) is 5.91 Å². The summed E-state index contributed by atoms with van der Waals surface area (Å²) in [5.74, 6) is -0.914. The molecule has 0 saturated heterocycles. The molecule has 82 valence electrons. The van der Waals surface area contributed by atoms with Crippen molar-refractivity contribution in [3.8, 4) is 0 Å². The van der Waals surface area contributed by atoms with Crippen molar-refractivity contribution in [2.24, 2.45) is 0 Å². The van der Waals surface area contributed by atoms with Crippen LogP contribution in [0.3, 0.4) is 0 Å². The average molecular weight is 210 g/mol. The van der Waals surface area contributed by atoms with E-state index in [-0.39, 0.29) is 5.56 Å². The first-order valence-corrected chi connectivity index (χ1v) is 4.90. The van der Waals surface area contributed by atoms with Gasteiger partial charge in [0, 0.05) is 12.2 Å². The molecule has 0 atom stereocenters. The second-order valence-electron chi connectivity index (χ2n) is 3.46. The number of benzene rings is 1. The van der Waals surface area contributed by atoms with Crippen LogP contribution in [0, 0.1) is 12.7 Å². The van der Waals surface area contributed by atoms with E-state index in [1.54, 1.807) is 6.92 Å². The molecule has 0 heterocycles. The number of halogens is 1. The molecule has 0 bridgehead atoms. The predicted octanol–water partition coefficient (Wildman–Crippen LogP) is 1.86. The Morgan fingerprint density at radius 1 is 1.53 bits per heavy atom. The monoisotopic (exact) mass is 210 g/mol. The lowest BCUT2D eigenvalue weighted by molar-refractivity contribution is 0.0949. The summed E-state index contributed by atoms with van der Waals surface area (Å²) in [6.07, 6.45) is 0.814. The summed E-state index contributed by atoms with van der Waals surface area (Å²) in [4.78, 5) is 11.5. The molecule has 1 aromatic rings. The Morgan fingerprint density at radius 3 is 2.80 bits per heavy atom. The lowest BCUT2D eigenvalue weighted by Crippen LogP contribution is -2.25. The molecule has 0 aliphatic heterocycles. The first-order valence-electron chi connectivity index (χ1n) is 4.90. The van der Waals surface area contributed by atoms with Crippen LogP contribution in [-0.2, 0) is 0 Å². The van der Waals surface area contributed by atoms with Crippen LogP contribution in [0.2, 0.25) is 0 Å². The molecular formula is C11H15FN2O. The molecule has 3 N–H and O–H groups in total. The van der Waals surface area contributed by atoms with Gasteiger partial charge in [-0.2, -0.15) is 0 Å². The highest BCUT2D eigenvalue weighted by Crippen LogP contribution is 2.16. The molecule has 0 aliphatic rings. The normalized spacial score (nSPS) is 10.1. The molecule has 0 fully saturated rings. The van der Waals surface area contributed by atoms with Crippen LogP contribution in [0.1, 0.15) is 29.3 Å². The molecule has 0 unspecified atom stereocenters. The second kappa shape index (κ2) is 4.77. The van der Waals surface area contributed by atoms with Crippen LogP contribution in [0.4, 0.5) is 10.1 Å². The zero-order chi connectivity index (χ0) is 11.4. The van der Waals surface area contributed by atoms with Crippen molar-refractivity contribution < 1.29 is 9.18 Å². The quantitative estimate of drug-likeness (QED) is 0.748. The Hall–Kier alpha value is -1.58. The zero-order valence-corrected chi connectivity index (χ0v) is 8.93. The minimum absolute atomic E-state index is 0.0148. The Balaban J connectivity index is 2.98. The molecule has 0 aromatic heterocycles. The number of anilines is 1. The minimum Gasteiger partial charge on any atom is -0.399 e. The second-order valence-corrected chi connectivity index (χ2v) is 3.46. The SMILES string of the molecule is CCCNC(=O)c1cc(N)cc(C)c1F. The van der Waals surface area contributed by atoms with Crippen molar-refractivity contribution in [3.63, 3.8) is 0 Å². The van der Waals surface area contributed by atoms with Crippen LogP contribution in [0.15, 0.2) is 12.1 Å². The van der Waals surface area contributed by atoms with E-state index in [0.717, 1.165) is 6.42 Å². The number of nitrogens with two attached hydrogens (primary N) is 1. The molecule has 3 nitrogen and oxygen atoms in total. The maximum atomic E-state index is 13.5. The summed E-state index contributed by atoms with van der Waals surface area (Å²) in [5, 5.41) is 2.61. The smallest absolute Gasteiger partial charge is 0.254 e. The van der Waals surface area contributed by atoms with Crippen LogP contribution in [0.5, 0.6) is 0 Å². The largest absolute Gasteiger partial charge is 0.399 e. The Morgan fingerprint density at radius 2 is 2.20 bits per heavy atom. The molecule has 0 saturated carbocycles. The van der Waals surface area contributed by atoms with E-state index in [0.29, 0.717) is 17.8 Å². The third-order valence-electron chi connectivity index (χ3n) is 2.06. The number of rotatable bonds is 3. The number of amides is 1. The fraction of sp³-hybridized carbons (Fsp3) is 0.364. The van der Waals surface area contributed by atoms with Crippen LogP contribution in [-0.4, -0.2) is 12.5 Å². The van der Waals surface area contributed by atoms with Crippen molar-refractivity contribution in [3.05, 3.63) is 29.1 Å². The number of hydrogen-bond acceptors (Lipinski definition) is 2. The first-order chi connectivity index (χ1) is 7.06. The summed E-state index contributed by atoms with van der Waals surface area (Å²) < 4.78 is 13.5. The maximum absolute atomic E-state index is 13.5. The van der Waals surface area contributed by atoms with E-state index in [9.17, 15) is 9.18 Å². The number of hydrogen-bond donors (Lipinski definition) is 2. The molecule has 1 aromatic carbocycles. The summed E-state index contributed by atoms with van der Waals surface area (Å²) in [6.45, 7) is 4.05. The molecule has 0 spiro atoms. The van der Waals surface area contributed by atoms with E-state index in [1.807, 2.05) is 6.92 Å². The van der Waals surface area contributed by atoms with Gasteiger partial charge in [-0.1, -0.05) is 6.92 Å². The van der Waals surface area contributed by atoms with E-state index < -0.39 is 11.7 Å². The molecule has 0 radical (unpaired) electrons. The number of nitrogens with one attached hydrogen (secondary N) is 1. The van der Waals surface area contributed by atoms with Crippen molar-refractivity contribution in [1.82, 2.24) is 5.32 Å². The number of aryl methyl sites for hydroxylation is 1. The van der Waals surface area contributed by atoms with Gasteiger partial charge < -0.3 is 11.1 Å². The van der Waals surface area contributed by atoms with Gasteiger partial charge in [-0.25, -0.2) is 4.39 Å². The maximum Gasteiger partial charge on any atom is 0.254 e. The van der Waals surface area contributed by atoms with Crippen LogP contribution in [0.25, 0.3) is 0 Å². The highest BCUT2D eigenvalue weighted by Gasteiger charge is 2.13. The van der Waals surface area contributed by atoms with Crippen molar-refractivity contribution in [2.45, 2.75) is 20.3 Å². The molecule has 4 heteroatoms. The van der Waals surface area contributed by atoms with Crippen molar-refractivity contribution in [1.29, 1.82) is 0 Å². The van der Waals surface area contributed by atoms with Crippen molar-refractivity contribution in [2.75, 3.05) is 12.3 Å². The average Bonchev–Trinajstić information content (AvgIpc) is 2.19. The van der Waals surface area contributed by atoms with Gasteiger partial charge in [-0.15, -0.1) is 0 Å². The molecule has 15 heavy (non-hydrogen) atoms. The van der Waals surface area contributed by atoms with Crippen molar-refractivity contribution >= 4 is 11.6 Å². The van der Waals surface area contributed by atoms with Gasteiger partial charge in [-0.05, 0) is 31.0 Å². The summed E-state index contributed by atoms with van der Waals surface area (Å²) in [7, 11) is 0. The fourth-order valence-electron chi connectivity index (χ4n) is 1.30. The molecular weight excluding hydrogens is 195 g/mol. The fourth-order valence-corrected chi connectivity index (χ4v) is 1.30. The lowest BCUT2D eigenvalue weighted by atomic mass is 10.1. The predicted molar refractivity (Wildman–Crippen MR) is 58.2 cm³/mol. The highest BCUT2D eigenvalue weighted by molar-refractivity contribution is 5.95. The Kier molecular flexibility index (Phi) is 3.66. The lowest BCUT2D eigenvalue weighted by Gasteiger charge is -2.07. The molecule has 0 aliphatic carbocycles. The number of carbonyl (C=O) groups is 1. The van der Waals surface area contributed by atoms with Gasteiger partial charge in [0.1, 0.15) is 5.82 Å². The van der Waals surface area contributed by atoms with Gasteiger partial charge in [0.05, 0.1) is 5.56 Å². The third kappa shape index (κ3) is 2.68. The number of carbonyl (C=O) groups excluding carboxylic acids is 1. The van der Waals surface area contributed by atoms with E-state index in [2.05, 4.69) is 5.32 Å². The Bertz CT molecular complexity index is 377. The van der Waals surface area contributed by atoms with Crippen LogP contribution < -0.4 is 11.1 Å². The summed E-state index contributed by atoms with van der Waals surface area (Å²) in [6, 6.07) is 2.86. The zero-order valence-electron chi connectivity index (χ0n) is 8.93. The van der Waals surface area contributed by atoms with E-state index in [4.69, 9.17) is 5.73 Å². The standard InChI is InChI=1S/C11H15FN2O/c1-3-4-14-11(15)9-6-8(13)5-7(2)10(9)12/h5-6H,3-4,13H2,1-2H3,(H,14,15). The van der Waals surface area contributed by atoms with E-state index >= 15 is 0 Å². The first kappa shape index (κ1) is 11.5. The molecule has 1 rings (SSSR count). The van der Waals surface area contributed by atoms with E-state index in [1.165, 1.54) is 12.1 Å². The van der Waals surface area contributed by atoms with Gasteiger partial charge >= 0.3 is 0 Å². The minimum atomic E-state index is -0.502. The van der Waals surface area contributed by atoms with Gasteiger partial charge in [0.2, 0.25) is 0 Å². The van der Waals surface area contributed by atoms with Gasteiger partial charge in [0.15, 0.2) is 0 Å². The summed E-state index contributed by atoms with van der Waals surface area (Å²) >= 11 is 0. The molecule has 1 amide bonds. The van der Waals surface area contributed by atoms with Gasteiger partial charge in [-0.3, -0.25) is 4.79 Å². The summed E-state index contributed by atoms with van der Waals surface area (Å²) in [5.41, 5.74) is 6.35. The highest BCUT2D eigenvalue weighted by atomic mass is 19.1. The van der Waals surface area contributed by atoms with Crippen LogP contribution >= 0.6 is 0 Å². The topological polar surface area (TPSA) is 55.1 Å². The Labute approximate surface area is 88.5 Å². The third-order valence-corrected chi connectivity index (χ3v) is 2.06.